The molecule has 140 valence electrons. The summed E-state index contributed by atoms with van der Waals surface area (Å²) in [5.41, 5.74) is 0.993. The third-order valence-corrected chi connectivity index (χ3v) is 4.79. The number of nitrogens with one attached hydrogen (secondary N) is 1. The smallest absolute Gasteiger partial charge is 0.266 e. The Balaban J connectivity index is 2.13. The van der Waals surface area contributed by atoms with Crippen molar-refractivity contribution in [1.82, 2.24) is 14.9 Å². The van der Waals surface area contributed by atoms with E-state index in [2.05, 4.69) is 10.3 Å². The van der Waals surface area contributed by atoms with E-state index in [1.165, 1.54) is 16.3 Å². The zero-order valence-electron chi connectivity index (χ0n) is 15.4. The van der Waals surface area contributed by atoms with E-state index in [0.717, 1.165) is 0 Å². The van der Waals surface area contributed by atoms with Crippen LogP contribution in [0.1, 0.15) is 13.8 Å². The van der Waals surface area contributed by atoms with Crippen molar-refractivity contribution < 1.29 is 9.53 Å². The first-order valence-electron chi connectivity index (χ1n) is 8.58. The summed E-state index contributed by atoms with van der Waals surface area (Å²) in [6.07, 6.45) is 0. The van der Waals surface area contributed by atoms with Crippen LogP contribution in [-0.2, 0) is 4.79 Å². The fourth-order valence-corrected chi connectivity index (χ4v) is 3.55. The number of hydrogen-bond acceptors (Lipinski definition) is 5. The van der Waals surface area contributed by atoms with E-state index in [1.807, 2.05) is 32.0 Å². The quantitative estimate of drug-likeness (QED) is 0.523. The van der Waals surface area contributed by atoms with Crippen molar-refractivity contribution >= 4 is 28.6 Å². The number of thioether (sulfide) groups is 1. The Morgan fingerprint density at radius 1 is 1.19 bits per heavy atom. The van der Waals surface area contributed by atoms with Crippen LogP contribution in [0.4, 0.5) is 0 Å². The van der Waals surface area contributed by atoms with Gasteiger partial charge in [-0.05, 0) is 38.1 Å². The number of carbonyl (C=O) groups is 1. The minimum Gasteiger partial charge on any atom is -0.495 e. The molecule has 0 spiro atoms. The maximum atomic E-state index is 13.2. The number of ether oxygens (including phenoxy) is 1. The summed E-state index contributed by atoms with van der Waals surface area (Å²) in [5, 5.41) is 3.81. The number of fused-ring (bicyclic) bond motifs is 1. The molecule has 0 saturated carbocycles. The molecule has 7 heteroatoms. The molecular weight excluding hydrogens is 362 g/mol. The molecule has 1 amide bonds. The number of benzene rings is 2. The van der Waals surface area contributed by atoms with E-state index in [-0.39, 0.29) is 23.3 Å². The van der Waals surface area contributed by atoms with Gasteiger partial charge < -0.3 is 10.1 Å². The van der Waals surface area contributed by atoms with Crippen LogP contribution >= 0.6 is 11.8 Å². The summed E-state index contributed by atoms with van der Waals surface area (Å²) in [4.78, 5) is 29.9. The summed E-state index contributed by atoms with van der Waals surface area (Å²) < 4.78 is 6.93. The molecule has 0 bridgehead atoms. The number of hydrogen-bond donors (Lipinski definition) is 1. The topological polar surface area (TPSA) is 73.2 Å². The molecule has 0 aliphatic rings. The predicted octanol–water partition coefficient (Wildman–Crippen LogP) is 3.01. The Morgan fingerprint density at radius 3 is 2.63 bits per heavy atom. The van der Waals surface area contributed by atoms with E-state index in [9.17, 15) is 9.59 Å². The van der Waals surface area contributed by atoms with Gasteiger partial charge in [0.1, 0.15) is 5.75 Å². The zero-order valence-corrected chi connectivity index (χ0v) is 16.2. The van der Waals surface area contributed by atoms with Crippen molar-refractivity contribution in [2.24, 2.45) is 0 Å². The van der Waals surface area contributed by atoms with Crippen LogP contribution in [0.15, 0.2) is 58.5 Å². The zero-order chi connectivity index (χ0) is 19.4. The molecule has 2 aromatic carbocycles. The molecule has 0 aliphatic heterocycles. The molecule has 6 nitrogen and oxygen atoms in total. The highest BCUT2D eigenvalue weighted by molar-refractivity contribution is 7.99. The maximum absolute atomic E-state index is 13.2. The van der Waals surface area contributed by atoms with Gasteiger partial charge in [-0.2, -0.15) is 0 Å². The van der Waals surface area contributed by atoms with E-state index >= 15 is 0 Å². The number of methoxy groups -OCH3 is 1. The number of rotatable bonds is 6. The van der Waals surface area contributed by atoms with Gasteiger partial charge in [-0.1, -0.05) is 36.0 Å². The standard InChI is InChI=1S/C20H21N3O3S/c1-13(2)21-18(24)12-27-20-22-15-9-5-4-8-14(15)19(25)23(20)16-10-6-7-11-17(16)26-3/h4-11,13H,12H2,1-3H3,(H,21,24). The van der Waals surface area contributed by atoms with Gasteiger partial charge in [0.05, 0.1) is 29.5 Å². The Morgan fingerprint density at radius 2 is 1.89 bits per heavy atom. The third-order valence-electron chi connectivity index (χ3n) is 3.85. The SMILES string of the molecule is COc1ccccc1-n1c(SCC(=O)NC(C)C)nc2ccccc2c1=O. The highest BCUT2D eigenvalue weighted by Crippen LogP contribution is 2.26. The molecule has 3 rings (SSSR count). The second-order valence-corrected chi connectivity index (χ2v) is 7.18. The van der Waals surface area contributed by atoms with Gasteiger partial charge in [-0.25, -0.2) is 4.98 Å². The number of para-hydroxylation sites is 3. The van der Waals surface area contributed by atoms with Crippen LogP contribution in [0.25, 0.3) is 16.6 Å². The minimum absolute atomic E-state index is 0.0547. The van der Waals surface area contributed by atoms with Crippen molar-refractivity contribution in [2.75, 3.05) is 12.9 Å². The monoisotopic (exact) mass is 383 g/mol. The van der Waals surface area contributed by atoms with Gasteiger partial charge in [-0.3, -0.25) is 14.2 Å². The summed E-state index contributed by atoms with van der Waals surface area (Å²) in [6, 6.07) is 14.5. The lowest BCUT2D eigenvalue weighted by atomic mass is 10.2. The normalized spacial score (nSPS) is 11.0. The highest BCUT2D eigenvalue weighted by Gasteiger charge is 2.17. The van der Waals surface area contributed by atoms with Crippen molar-refractivity contribution in [3.8, 4) is 11.4 Å². The molecule has 1 N–H and O–H groups in total. The fraction of sp³-hybridized carbons (Fsp3) is 0.250. The van der Waals surface area contributed by atoms with E-state index < -0.39 is 0 Å². The number of aromatic nitrogens is 2. The summed E-state index contributed by atoms with van der Waals surface area (Å²) in [5.74, 6) is 0.618. The van der Waals surface area contributed by atoms with Crippen LogP contribution in [0, 0.1) is 0 Å². The van der Waals surface area contributed by atoms with E-state index in [1.54, 1.807) is 37.4 Å². The first-order chi connectivity index (χ1) is 13.0. The Kier molecular flexibility index (Phi) is 5.81. The Labute approximate surface area is 161 Å². The second-order valence-electron chi connectivity index (χ2n) is 6.23. The summed E-state index contributed by atoms with van der Waals surface area (Å²) in [7, 11) is 1.56. The van der Waals surface area contributed by atoms with E-state index in [4.69, 9.17) is 4.74 Å². The minimum atomic E-state index is -0.197. The molecule has 0 saturated heterocycles. The number of carbonyl (C=O) groups excluding carboxylic acids is 1. The largest absolute Gasteiger partial charge is 0.495 e. The van der Waals surface area contributed by atoms with Gasteiger partial charge in [0.25, 0.3) is 5.56 Å². The molecular formula is C20H21N3O3S. The van der Waals surface area contributed by atoms with Crippen molar-refractivity contribution in [3.05, 3.63) is 58.9 Å². The van der Waals surface area contributed by atoms with E-state index in [0.29, 0.717) is 27.5 Å². The van der Waals surface area contributed by atoms with Crippen LogP contribution in [0.3, 0.4) is 0 Å². The van der Waals surface area contributed by atoms with Crippen LogP contribution in [0.2, 0.25) is 0 Å². The first-order valence-corrected chi connectivity index (χ1v) is 9.57. The maximum Gasteiger partial charge on any atom is 0.266 e. The van der Waals surface area contributed by atoms with Gasteiger partial charge >= 0.3 is 0 Å². The molecule has 3 aromatic rings. The van der Waals surface area contributed by atoms with Crippen LogP contribution in [0.5, 0.6) is 5.75 Å². The molecule has 0 fully saturated rings. The molecule has 27 heavy (non-hydrogen) atoms. The van der Waals surface area contributed by atoms with Crippen LogP contribution < -0.4 is 15.6 Å². The fourth-order valence-electron chi connectivity index (χ4n) is 2.73. The molecule has 1 heterocycles. The second kappa shape index (κ2) is 8.26. The molecule has 0 aliphatic carbocycles. The van der Waals surface area contributed by atoms with Gasteiger partial charge in [-0.15, -0.1) is 0 Å². The van der Waals surface area contributed by atoms with Gasteiger partial charge in [0, 0.05) is 6.04 Å². The van der Waals surface area contributed by atoms with Crippen molar-refractivity contribution in [3.63, 3.8) is 0 Å². The number of amides is 1. The average Bonchev–Trinajstić information content (AvgIpc) is 2.66. The number of nitrogens with zero attached hydrogens (tertiary/aromatic N) is 2. The molecule has 0 unspecified atom stereocenters. The molecule has 1 aromatic heterocycles. The average molecular weight is 383 g/mol. The highest BCUT2D eigenvalue weighted by atomic mass is 32.2. The van der Waals surface area contributed by atoms with Crippen molar-refractivity contribution in [2.45, 2.75) is 25.0 Å². The Bertz CT molecular complexity index is 1030. The Hall–Kier alpha value is -2.80. The lowest BCUT2D eigenvalue weighted by molar-refractivity contribution is -0.119. The van der Waals surface area contributed by atoms with Crippen molar-refractivity contribution in [1.29, 1.82) is 0 Å². The molecule has 0 radical (unpaired) electrons. The first kappa shape index (κ1) is 19.0. The predicted molar refractivity (Wildman–Crippen MR) is 108 cm³/mol. The molecule has 0 atom stereocenters. The summed E-state index contributed by atoms with van der Waals surface area (Å²) in [6.45, 7) is 3.81. The summed E-state index contributed by atoms with van der Waals surface area (Å²) >= 11 is 1.22. The lowest BCUT2D eigenvalue weighted by Gasteiger charge is -2.16. The lowest BCUT2D eigenvalue weighted by Crippen LogP contribution is -2.32. The van der Waals surface area contributed by atoms with Crippen LogP contribution in [-0.4, -0.2) is 34.4 Å². The third kappa shape index (κ3) is 4.14. The van der Waals surface area contributed by atoms with Gasteiger partial charge in [0.2, 0.25) is 5.91 Å². The van der Waals surface area contributed by atoms with Gasteiger partial charge in [0.15, 0.2) is 5.16 Å².